The van der Waals surface area contributed by atoms with Gasteiger partial charge in [0.2, 0.25) is 5.91 Å². The lowest BCUT2D eigenvalue weighted by Crippen LogP contribution is -2.31. The largest absolute Gasteiger partial charge is 0.461 e. The average molecular weight is 530 g/mol. The molecule has 1 saturated heterocycles. The number of thioether (sulfide) groups is 1. The van der Waals surface area contributed by atoms with Gasteiger partial charge in [-0.3, -0.25) is 14.5 Å². The van der Waals surface area contributed by atoms with Crippen LogP contribution in [-0.2, 0) is 14.3 Å². The van der Waals surface area contributed by atoms with Crippen LogP contribution >= 0.6 is 24.0 Å². The van der Waals surface area contributed by atoms with Crippen molar-refractivity contribution in [3.63, 3.8) is 0 Å². The number of hydrogen-bond donors (Lipinski definition) is 1. The molecule has 36 heavy (non-hydrogen) atoms. The van der Waals surface area contributed by atoms with Crippen molar-refractivity contribution in [2.24, 2.45) is 0 Å². The standard InChI is InChI=1S/C26H28FN3O4S2/c1-3-29(4-2)15-16-34-25(33)19-7-11-21(12-8-19)28-23(31)13-14-30-24(32)22(36-26(30)35)17-18-5-9-20(27)10-6-18/h5-12,17H,3-4,13-16H2,1-2H3,(H,28,31)/b22-17+. The first-order chi connectivity index (χ1) is 17.3. The molecule has 0 radical (unpaired) electrons. The third-order valence-electron chi connectivity index (χ3n) is 5.54. The normalized spacial score (nSPS) is 14.6. The first-order valence-corrected chi connectivity index (χ1v) is 12.8. The first-order valence-electron chi connectivity index (χ1n) is 11.6. The van der Waals surface area contributed by atoms with Crippen LogP contribution in [-0.4, -0.2) is 64.7 Å². The van der Waals surface area contributed by atoms with Gasteiger partial charge < -0.3 is 15.0 Å². The molecule has 1 N–H and O–H groups in total. The summed E-state index contributed by atoms with van der Waals surface area (Å²) >= 11 is 6.45. The molecule has 0 aromatic heterocycles. The Labute approximate surface area is 219 Å². The highest BCUT2D eigenvalue weighted by Gasteiger charge is 2.32. The van der Waals surface area contributed by atoms with Crippen molar-refractivity contribution in [1.29, 1.82) is 0 Å². The molecular weight excluding hydrogens is 501 g/mol. The number of likely N-dealkylation sites (N-methyl/N-ethyl adjacent to an activating group) is 1. The number of carbonyl (C=O) groups is 3. The number of ether oxygens (including phenoxy) is 1. The molecule has 7 nitrogen and oxygen atoms in total. The van der Waals surface area contributed by atoms with Crippen LogP contribution in [0.1, 0.15) is 36.2 Å². The summed E-state index contributed by atoms with van der Waals surface area (Å²) in [5, 5.41) is 2.76. The minimum Gasteiger partial charge on any atom is -0.461 e. The highest BCUT2D eigenvalue weighted by atomic mass is 32.2. The number of nitrogens with one attached hydrogen (secondary N) is 1. The molecule has 190 valence electrons. The molecular formula is C26H28FN3O4S2. The number of rotatable bonds is 11. The maximum absolute atomic E-state index is 13.1. The summed E-state index contributed by atoms with van der Waals surface area (Å²) in [6.07, 6.45) is 1.69. The molecule has 3 rings (SSSR count). The van der Waals surface area contributed by atoms with E-state index in [1.54, 1.807) is 42.5 Å². The van der Waals surface area contributed by atoms with E-state index >= 15 is 0 Å². The minimum absolute atomic E-state index is 0.0470. The topological polar surface area (TPSA) is 79.0 Å². The number of nitrogens with zero attached hydrogens (tertiary/aromatic N) is 2. The van der Waals surface area contributed by atoms with Gasteiger partial charge in [-0.1, -0.05) is 50.0 Å². The van der Waals surface area contributed by atoms with Gasteiger partial charge in [0, 0.05) is 25.2 Å². The van der Waals surface area contributed by atoms with Crippen LogP contribution in [0.15, 0.2) is 53.4 Å². The zero-order chi connectivity index (χ0) is 26.1. The molecule has 2 aromatic carbocycles. The van der Waals surface area contributed by atoms with Crippen molar-refractivity contribution in [3.05, 3.63) is 70.4 Å². The number of carbonyl (C=O) groups excluding carboxylic acids is 3. The summed E-state index contributed by atoms with van der Waals surface area (Å²) in [4.78, 5) is 41.3. The van der Waals surface area contributed by atoms with E-state index in [1.807, 2.05) is 0 Å². The Hall–Kier alpha value is -3.08. The predicted octanol–water partition coefficient (Wildman–Crippen LogP) is 4.55. The number of halogens is 1. The van der Waals surface area contributed by atoms with Crippen molar-refractivity contribution >= 4 is 57.8 Å². The second-order valence-corrected chi connectivity index (χ2v) is 9.60. The zero-order valence-electron chi connectivity index (χ0n) is 20.2. The highest BCUT2D eigenvalue weighted by molar-refractivity contribution is 8.26. The fourth-order valence-electron chi connectivity index (χ4n) is 3.42. The Morgan fingerprint density at radius 2 is 1.78 bits per heavy atom. The molecule has 2 aromatic rings. The fourth-order valence-corrected chi connectivity index (χ4v) is 4.73. The quantitative estimate of drug-likeness (QED) is 0.260. The van der Waals surface area contributed by atoms with E-state index in [-0.39, 0.29) is 30.6 Å². The summed E-state index contributed by atoms with van der Waals surface area (Å²) in [5.74, 6) is -1.35. The molecule has 0 spiro atoms. The summed E-state index contributed by atoms with van der Waals surface area (Å²) in [6, 6.07) is 12.2. The second-order valence-electron chi connectivity index (χ2n) is 7.92. The van der Waals surface area contributed by atoms with E-state index in [1.165, 1.54) is 17.0 Å². The number of thiocarbonyl (C=S) groups is 1. The van der Waals surface area contributed by atoms with Gasteiger partial charge in [-0.05, 0) is 61.1 Å². The van der Waals surface area contributed by atoms with Gasteiger partial charge in [0.05, 0.1) is 10.5 Å². The van der Waals surface area contributed by atoms with Gasteiger partial charge >= 0.3 is 5.97 Å². The van der Waals surface area contributed by atoms with E-state index in [2.05, 4.69) is 24.1 Å². The van der Waals surface area contributed by atoms with Gasteiger partial charge in [-0.25, -0.2) is 9.18 Å². The molecule has 0 unspecified atom stereocenters. The molecule has 10 heteroatoms. The lowest BCUT2D eigenvalue weighted by atomic mass is 10.2. The Balaban J connectivity index is 1.47. The smallest absolute Gasteiger partial charge is 0.338 e. The van der Waals surface area contributed by atoms with E-state index in [0.29, 0.717) is 39.2 Å². The molecule has 1 aliphatic heterocycles. The third-order valence-corrected chi connectivity index (χ3v) is 6.92. The van der Waals surface area contributed by atoms with Crippen LogP contribution in [0.3, 0.4) is 0 Å². The maximum Gasteiger partial charge on any atom is 0.338 e. The Bertz CT molecular complexity index is 1130. The van der Waals surface area contributed by atoms with E-state index < -0.39 is 5.97 Å². The molecule has 0 bridgehead atoms. The molecule has 2 amide bonds. The van der Waals surface area contributed by atoms with Crippen LogP contribution in [0.5, 0.6) is 0 Å². The number of hydrogen-bond acceptors (Lipinski definition) is 7. The molecule has 0 aliphatic carbocycles. The third kappa shape index (κ3) is 7.71. The summed E-state index contributed by atoms with van der Waals surface area (Å²) in [6.45, 7) is 7.03. The second kappa shape index (κ2) is 13.3. The van der Waals surface area contributed by atoms with Gasteiger partial charge in [-0.15, -0.1) is 0 Å². The Morgan fingerprint density at radius 3 is 2.42 bits per heavy atom. The summed E-state index contributed by atoms with van der Waals surface area (Å²) < 4.78 is 18.8. The monoisotopic (exact) mass is 529 g/mol. The predicted molar refractivity (Wildman–Crippen MR) is 144 cm³/mol. The van der Waals surface area contributed by atoms with Crippen LogP contribution in [0.2, 0.25) is 0 Å². The fraction of sp³-hybridized carbons (Fsp3) is 0.308. The number of anilines is 1. The van der Waals surface area contributed by atoms with Crippen LogP contribution < -0.4 is 5.32 Å². The average Bonchev–Trinajstić information content (AvgIpc) is 3.14. The zero-order valence-corrected chi connectivity index (χ0v) is 21.8. The van der Waals surface area contributed by atoms with E-state index in [0.717, 1.165) is 24.9 Å². The highest BCUT2D eigenvalue weighted by Crippen LogP contribution is 2.32. The molecule has 0 saturated carbocycles. The van der Waals surface area contributed by atoms with Crippen molar-refractivity contribution in [2.75, 3.05) is 38.1 Å². The van der Waals surface area contributed by atoms with Gasteiger partial charge in [-0.2, -0.15) is 0 Å². The van der Waals surface area contributed by atoms with E-state index in [4.69, 9.17) is 17.0 Å². The minimum atomic E-state index is -0.414. The van der Waals surface area contributed by atoms with Crippen molar-refractivity contribution < 1.29 is 23.5 Å². The van der Waals surface area contributed by atoms with E-state index in [9.17, 15) is 18.8 Å². The Kier molecular flexibility index (Phi) is 10.2. The summed E-state index contributed by atoms with van der Waals surface area (Å²) in [7, 11) is 0. The number of benzene rings is 2. The molecule has 1 heterocycles. The number of amides is 2. The van der Waals surface area contributed by atoms with Crippen LogP contribution in [0, 0.1) is 5.82 Å². The SMILES string of the molecule is CCN(CC)CCOC(=O)c1ccc(NC(=O)CCN2C(=O)/C(=C\c3ccc(F)cc3)SC2=S)cc1. The van der Waals surface area contributed by atoms with Gasteiger partial charge in [0.25, 0.3) is 5.91 Å². The first kappa shape index (κ1) is 27.5. The van der Waals surface area contributed by atoms with Gasteiger partial charge in [0.1, 0.15) is 16.7 Å². The molecule has 1 aliphatic rings. The number of esters is 1. The maximum atomic E-state index is 13.1. The lowest BCUT2D eigenvalue weighted by Gasteiger charge is -2.17. The van der Waals surface area contributed by atoms with Crippen molar-refractivity contribution in [3.8, 4) is 0 Å². The van der Waals surface area contributed by atoms with Crippen LogP contribution in [0.4, 0.5) is 10.1 Å². The Morgan fingerprint density at radius 1 is 1.11 bits per heavy atom. The van der Waals surface area contributed by atoms with Crippen molar-refractivity contribution in [2.45, 2.75) is 20.3 Å². The molecule has 0 atom stereocenters. The van der Waals surface area contributed by atoms with Crippen LogP contribution in [0.25, 0.3) is 6.08 Å². The van der Waals surface area contributed by atoms with Crippen molar-refractivity contribution in [1.82, 2.24) is 9.80 Å². The lowest BCUT2D eigenvalue weighted by molar-refractivity contribution is -0.122. The van der Waals surface area contributed by atoms with Gasteiger partial charge in [0.15, 0.2) is 0 Å². The molecule has 1 fully saturated rings. The summed E-state index contributed by atoms with van der Waals surface area (Å²) in [5.41, 5.74) is 1.62.